The number of amides is 1. The number of fused-ring (bicyclic) bond motifs is 1. The fraction of sp³-hybridized carbons (Fsp3) is 0.500. The van der Waals surface area contributed by atoms with Gasteiger partial charge >= 0.3 is 6.09 Å². The van der Waals surface area contributed by atoms with E-state index in [9.17, 15) is 4.79 Å². The second kappa shape index (κ2) is 6.79. The zero-order valence-corrected chi connectivity index (χ0v) is 16.0. The van der Waals surface area contributed by atoms with Gasteiger partial charge in [0.2, 0.25) is 0 Å². The van der Waals surface area contributed by atoms with E-state index in [4.69, 9.17) is 4.74 Å². The predicted molar refractivity (Wildman–Crippen MR) is 102 cm³/mol. The number of rotatable bonds is 2. The Bertz CT molecular complexity index is 789. The van der Waals surface area contributed by atoms with Crippen molar-refractivity contribution < 1.29 is 9.53 Å². The Morgan fingerprint density at radius 2 is 1.67 bits per heavy atom. The van der Waals surface area contributed by atoms with E-state index in [-0.39, 0.29) is 6.09 Å². The van der Waals surface area contributed by atoms with Crippen LogP contribution in [0.1, 0.15) is 20.8 Å². The van der Waals surface area contributed by atoms with Gasteiger partial charge in [0.25, 0.3) is 0 Å². The van der Waals surface area contributed by atoms with Crippen molar-refractivity contribution >= 4 is 11.9 Å². The van der Waals surface area contributed by atoms with Gasteiger partial charge in [-0.1, -0.05) is 0 Å². The lowest BCUT2D eigenvalue weighted by molar-refractivity contribution is 0.0282. The maximum Gasteiger partial charge on any atom is 0.410 e. The molecule has 2 saturated heterocycles. The molecule has 7 nitrogen and oxygen atoms in total. The third-order valence-corrected chi connectivity index (χ3v) is 5.09. The monoisotopic (exact) mass is 367 g/mol. The number of anilines is 1. The second-order valence-electron chi connectivity index (χ2n) is 8.32. The average Bonchev–Trinajstić information content (AvgIpc) is 3.20. The van der Waals surface area contributed by atoms with Crippen LogP contribution in [0.25, 0.3) is 11.3 Å². The largest absolute Gasteiger partial charge is 0.444 e. The van der Waals surface area contributed by atoms with Crippen molar-refractivity contribution in [1.29, 1.82) is 0 Å². The highest BCUT2D eigenvalue weighted by atomic mass is 16.6. The van der Waals surface area contributed by atoms with E-state index >= 15 is 0 Å². The van der Waals surface area contributed by atoms with E-state index in [1.807, 2.05) is 49.9 Å². The first-order valence-corrected chi connectivity index (χ1v) is 9.36. The molecule has 2 aliphatic rings. The molecule has 2 atom stereocenters. The van der Waals surface area contributed by atoms with Gasteiger partial charge in [-0.05, 0) is 45.0 Å². The molecule has 0 unspecified atom stereocenters. The van der Waals surface area contributed by atoms with E-state index in [2.05, 4.69) is 20.1 Å². The molecule has 4 heterocycles. The van der Waals surface area contributed by atoms with Crippen LogP contribution in [0.2, 0.25) is 0 Å². The average molecular weight is 367 g/mol. The summed E-state index contributed by atoms with van der Waals surface area (Å²) in [6.07, 6.45) is 3.30. The van der Waals surface area contributed by atoms with Crippen LogP contribution in [0.4, 0.5) is 10.6 Å². The first kappa shape index (κ1) is 17.7. The second-order valence-corrected chi connectivity index (χ2v) is 8.32. The molecule has 7 heteroatoms. The van der Waals surface area contributed by atoms with Crippen molar-refractivity contribution in [2.75, 3.05) is 31.1 Å². The zero-order valence-electron chi connectivity index (χ0n) is 16.0. The Hall–Kier alpha value is -2.70. The minimum atomic E-state index is -0.451. The molecule has 2 aromatic heterocycles. The summed E-state index contributed by atoms with van der Waals surface area (Å²) in [6.45, 7) is 8.99. The van der Waals surface area contributed by atoms with Gasteiger partial charge in [-0.25, -0.2) is 4.79 Å². The summed E-state index contributed by atoms with van der Waals surface area (Å²) in [5.41, 5.74) is 1.40. The Labute approximate surface area is 159 Å². The highest BCUT2D eigenvalue weighted by Crippen LogP contribution is 2.34. The summed E-state index contributed by atoms with van der Waals surface area (Å²) >= 11 is 0. The minimum absolute atomic E-state index is 0.204. The normalized spacial score (nSPS) is 22.0. The van der Waals surface area contributed by atoms with Gasteiger partial charge in [-0.2, -0.15) is 0 Å². The molecule has 2 fully saturated rings. The smallest absolute Gasteiger partial charge is 0.410 e. The number of aromatic nitrogens is 3. The lowest BCUT2D eigenvalue weighted by Gasteiger charge is -2.26. The van der Waals surface area contributed by atoms with Crippen LogP contribution in [-0.4, -0.2) is 58.0 Å². The van der Waals surface area contributed by atoms with Crippen molar-refractivity contribution in [2.24, 2.45) is 11.8 Å². The summed E-state index contributed by atoms with van der Waals surface area (Å²) in [5.74, 6) is 1.81. The Kier molecular flexibility index (Phi) is 4.45. The number of hydrogen-bond donors (Lipinski definition) is 0. The number of pyridine rings is 1. The number of hydrogen-bond acceptors (Lipinski definition) is 6. The first-order chi connectivity index (χ1) is 12.9. The number of carbonyl (C=O) groups is 1. The van der Waals surface area contributed by atoms with Crippen LogP contribution in [0.5, 0.6) is 0 Å². The number of nitrogens with zero attached hydrogens (tertiary/aromatic N) is 5. The lowest BCUT2D eigenvalue weighted by atomic mass is 10.0. The van der Waals surface area contributed by atoms with Crippen LogP contribution in [0.15, 0.2) is 36.7 Å². The van der Waals surface area contributed by atoms with Gasteiger partial charge in [0.15, 0.2) is 5.82 Å². The molecular weight excluding hydrogens is 342 g/mol. The van der Waals surface area contributed by atoms with Crippen molar-refractivity contribution in [3.8, 4) is 11.3 Å². The van der Waals surface area contributed by atoms with E-state index in [1.165, 1.54) is 0 Å². The van der Waals surface area contributed by atoms with E-state index in [1.54, 1.807) is 12.4 Å². The predicted octanol–water partition coefficient (Wildman–Crippen LogP) is 2.84. The lowest BCUT2D eigenvalue weighted by Crippen LogP contribution is -2.37. The number of ether oxygens (including phenoxy) is 1. The van der Waals surface area contributed by atoms with E-state index in [0.717, 1.165) is 43.3 Å². The van der Waals surface area contributed by atoms with Crippen LogP contribution < -0.4 is 4.90 Å². The minimum Gasteiger partial charge on any atom is -0.444 e. The molecule has 0 spiro atoms. The molecular formula is C20H25N5O2. The first-order valence-electron chi connectivity index (χ1n) is 9.36. The maximum absolute atomic E-state index is 12.3. The van der Waals surface area contributed by atoms with Crippen molar-refractivity contribution in [3.63, 3.8) is 0 Å². The fourth-order valence-electron chi connectivity index (χ4n) is 3.83. The van der Waals surface area contributed by atoms with Crippen LogP contribution in [0.3, 0.4) is 0 Å². The molecule has 1 amide bonds. The summed E-state index contributed by atoms with van der Waals surface area (Å²) in [4.78, 5) is 20.4. The summed E-state index contributed by atoms with van der Waals surface area (Å²) in [7, 11) is 0. The Morgan fingerprint density at radius 3 is 2.22 bits per heavy atom. The van der Waals surface area contributed by atoms with Gasteiger partial charge in [-0.3, -0.25) is 4.98 Å². The topological polar surface area (TPSA) is 71.5 Å². The summed E-state index contributed by atoms with van der Waals surface area (Å²) in [6, 6.07) is 7.87. The molecule has 0 aliphatic carbocycles. The van der Waals surface area contributed by atoms with Gasteiger partial charge in [0.1, 0.15) is 5.60 Å². The molecule has 0 aromatic carbocycles. The van der Waals surface area contributed by atoms with Crippen molar-refractivity contribution in [3.05, 3.63) is 36.7 Å². The van der Waals surface area contributed by atoms with Gasteiger partial charge < -0.3 is 14.5 Å². The SMILES string of the molecule is CC(C)(C)OC(=O)N1C[C@H]2CN(c3ccc(-c4ccncc4)nn3)C[C@@H]2C1. The summed E-state index contributed by atoms with van der Waals surface area (Å²) in [5, 5.41) is 8.78. The number of likely N-dealkylation sites (tertiary alicyclic amines) is 1. The van der Waals surface area contributed by atoms with Gasteiger partial charge in [0.05, 0.1) is 5.69 Å². The standard InChI is InChI=1S/C20H25N5O2/c1-20(2,3)27-19(26)25-12-15-10-24(11-16(15)13-25)18-5-4-17(22-23-18)14-6-8-21-9-7-14/h4-9,15-16H,10-13H2,1-3H3/t15-,16-/m1/s1. The quantitative estimate of drug-likeness (QED) is 0.813. The number of carbonyl (C=O) groups excluding carboxylic acids is 1. The third kappa shape index (κ3) is 3.86. The maximum atomic E-state index is 12.3. The molecule has 142 valence electrons. The summed E-state index contributed by atoms with van der Waals surface area (Å²) < 4.78 is 5.50. The molecule has 2 aromatic rings. The molecule has 0 radical (unpaired) electrons. The third-order valence-electron chi connectivity index (χ3n) is 5.09. The molecule has 4 rings (SSSR count). The molecule has 0 bridgehead atoms. The van der Waals surface area contributed by atoms with Gasteiger partial charge in [0, 0.05) is 56.0 Å². The van der Waals surface area contributed by atoms with E-state index in [0.29, 0.717) is 11.8 Å². The molecule has 27 heavy (non-hydrogen) atoms. The Balaban J connectivity index is 1.37. The highest BCUT2D eigenvalue weighted by Gasteiger charge is 2.43. The fourth-order valence-corrected chi connectivity index (χ4v) is 3.83. The van der Waals surface area contributed by atoms with Crippen molar-refractivity contribution in [2.45, 2.75) is 26.4 Å². The van der Waals surface area contributed by atoms with E-state index < -0.39 is 5.60 Å². The Morgan fingerprint density at radius 1 is 1.00 bits per heavy atom. The molecule has 0 saturated carbocycles. The zero-order chi connectivity index (χ0) is 19.0. The van der Waals surface area contributed by atoms with Crippen LogP contribution >= 0.6 is 0 Å². The van der Waals surface area contributed by atoms with Crippen molar-refractivity contribution in [1.82, 2.24) is 20.1 Å². The van der Waals surface area contributed by atoms with Crippen LogP contribution in [0, 0.1) is 11.8 Å². The highest BCUT2D eigenvalue weighted by molar-refractivity contribution is 5.68. The van der Waals surface area contributed by atoms with Gasteiger partial charge in [-0.15, -0.1) is 10.2 Å². The molecule has 0 N–H and O–H groups in total. The molecule has 2 aliphatic heterocycles. The van der Waals surface area contributed by atoms with Crippen LogP contribution in [-0.2, 0) is 4.74 Å².